The van der Waals surface area contributed by atoms with Gasteiger partial charge in [0.15, 0.2) is 9.84 Å². The smallest absolute Gasteiger partial charge is 0.175 e. The molecule has 0 spiro atoms. The lowest BCUT2D eigenvalue weighted by atomic mass is 10.2. The largest absolute Gasteiger partial charge is 0.381 e. The predicted molar refractivity (Wildman–Crippen MR) is 85.1 cm³/mol. The second kappa shape index (κ2) is 6.33. The molecule has 0 bridgehead atoms. The molecule has 0 unspecified atom stereocenters. The van der Waals surface area contributed by atoms with Crippen LogP contribution in [0.25, 0.3) is 0 Å². The summed E-state index contributed by atoms with van der Waals surface area (Å²) in [6.07, 6.45) is 3.26. The summed E-state index contributed by atoms with van der Waals surface area (Å²) in [7, 11) is -3.16. The van der Waals surface area contributed by atoms with E-state index in [2.05, 4.69) is 29.6 Å². The zero-order valence-corrected chi connectivity index (χ0v) is 13.1. The fourth-order valence-corrected chi connectivity index (χ4v) is 2.86. The van der Waals surface area contributed by atoms with Crippen LogP contribution in [0.4, 0.5) is 5.69 Å². The van der Waals surface area contributed by atoms with Crippen LogP contribution < -0.4 is 5.32 Å². The summed E-state index contributed by atoms with van der Waals surface area (Å²) in [6.45, 7) is 0.669. The van der Waals surface area contributed by atoms with Crippen LogP contribution in [0.3, 0.4) is 0 Å². The molecule has 106 valence electrons. The van der Waals surface area contributed by atoms with Crippen molar-refractivity contribution in [2.45, 2.75) is 16.3 Å². The van der Waals surface area contributed by atoms with E-state index in [9.17, 15) is 8.42 Å². The first-order valence-corrected chi connectivity index (χ1v) is 9.27. The predicted octanol–water partition coefficient (Wildman–Crippen LogP) is 3.42. The molecule has 0 aliphatic rings. The molecule has 2 aromatic rings. The van der Waals surface area contributed by atoms with Crippen molar-refractivity contribution in [2.24, 2.45) is 0 Å². The number of nitrogens with one attached hydrogen (secondary N) is 1. The second-order valence-electron chi connectivity index (χ2n) is 4.50. The zero-order valence-electron chi connectivity index (χ0n) is 11.5. The van der Waals surface area contributed by atoms with Crippen molar-refractivity contribution in [3.05, 3.63) is 54.1 Å². The third kappa shape index (κ3) is 4.02. The molecule has 5 heteroatoms. The van der Waals surface area contributed by atoms with Crippen LogP contribution in [0.2, 0.25) is 0 Å². The standard InChI is InChI=1S/C15H17NO2S2/c1-19-14-8-6-12(7-9-14)11-16-13-4-3-5-15(10-13)20(2,17)18/h3-10,16H,11H2,1-2H3. The molecule has 20 heavy (non-hydrogen) atoms. The molecule has 0 aliphatic heterocycles. The van der Waals surface area contributed by atoms with Crippen LogP contribution in [0.1, 0.15) is 5.56 Å². The maximum absolute atomic E-state index is 11.5. The van der Waals surface area contributed by atoms with Crippen LogP contribution in [0.15, 0.2) is 58.3 Å². The van der Waals surface area contributed by atoms with Crippen molar-refractivity contribution in [1.29, 1.82) is 0 Å². The Bertz CT molecular complexity index is 679. The van der Waals surface area contributed by atoms with Crippen LogP contribution in [0.5, 0.6) is 0 Å². The molecule has 2 rings (SSSR count). The number of sulfone groups is 1. The fourth-order valence-electron chi connectivity index (χ4n) is 1.78. The van der Waals surface area contributed by atoms with Crippen LogP contribution in [0, 0.1) is 0 Å². The lowest BCUT2D eigenvalue weighted by Crippen LogP contribution is -2.02. The van der Waals surface area contributed by atoms with Crippen molar-refractivity contribution >= 4 is 27.3 Å². The highest BCUT2D eigenvalue weighted by Crippen LogP contribution is 2.18. The highest BCUT2D eigenvalue weighted by molar-refractivity contribution is 7.98. The number of anilines is 1. The first-order chi connectivity index (χ1) is 9.49. The fraction of sp³-hybridized carbons (Fsp3) is 0.200. The Labute approximate surface area is 124 Å². The first kappa shape index (κ1) is 14.9. The van der Waals surface area contributed by atoms with E-state index in [4.69, 9.17) is 0 Å². The molecule has 0 aliphatic carbocycles. The Kier molecular flexibility index (Phi) is 4.73. The Morgan fingerprint density at radius 1 is 1.10 bits per heavy atom. The van der Waals surface area contributed by atoms with E-state index in [1.807, 2.05) is 12.3 Å². The number of hydrogen-bond acceptors (Lipinski definition) is 4. The molecule has 0 heterocycles. The normalized spacial score (nSPS) is 11.3. The highest BCUT2D eigenvalue weighted by Gasteiger charge is 2.06. The van der Waals surface area contributed by atoms with Gasteiger partial charge in [-0.25, -0.2) is 8.42 Å². The van der Waals surface area contributed by atoms with Gasteiger partial charge in [0.05, 0.1) is 4.90 Å². The molecule has 0 amide bonds. The highest BCUT2D eigenvalue weighted by atomic mass is 32.2. The van der Waals surface area contributed by atoms with Gasteiger partial charge in [0.25, 0.3) is 0 Å². The van der Waals surface area contributed by atoms with Crippen molar-refractivity contribution in [3.8, 4) is 0 Å². The molecule has 0 aromatic heterocycles. The van der Waals surface area contributed by atoms with E-state index in [0.29, 0.717) is 11.4 Å². The topological polar surface area (TPSA) is 46.2 Å². The van der Waals surface area contributed by atoms with E-state index in [1.54, 1.807) is 30.0 Å². The number of benzene rings is 2. The van der Waals surface area contributed by atoms with E-state index in [1.165, 1.54) is 11.2 Å². The lowest BCUT2D eigenvalue weighted by Gasteiger charge is -2.08. The van der Waals surface area contributed by atoms with Crippen LogP contribution in [-0.2, 0) is 16.4 Å². The maximum atomic E-state index is 11.5. The molecular formula is C15H17NO2S2. The van der Waals surface area contributed by atoms with Gasteiger partial charge in [0, 0.05) is 23.4 Å². The maximum Gasteiger partial charge on any atom is 0.175 e. The summed E-state index contributed by atoms with van der Waals surface area (Å²) in [4.78, 5) is 1.56. The van der Waals surface area contributed by atoms with Gasteiger partial charge in [-0.1, -0.05) is 18.2 Å². The summed E-state index contributed by atoms with van der Waals surface area (Å²) < 4.78 is 23.0. The van der Waals surface area contributed by atoms with Crippen molar-refractivity contribution < 1.29 is 8.42 Å². The number of hydrogen-bond donors (Lipinski definition) is 1. The van der Waals surface area contributed by atoms with E-state index < -0.39 is 9.84 Å². The minimum Gasteiger partial charge on any atom is -0.381 e. The minimum absolute atomic E-state index is 0.334. The van der Waals surface area contributed by atoms with Crippen molar-refractivity contribution in [3.63, 3.8) is 0 Å². The summed E-state index contributed by atoms with van der Waals surface area (Å²) in [5.41, 5.74) is 1.97. The van der Waals surface area contributed by atoms with Gasteiger partial charge in [-0.2, -0.15) is 0 Å². The van der Waals surface area contributed by atoms with Gasteiger partial charge in [0.1, 0.15) is 0 Å². The zero-order chi connectivity index (χ0) is 14.6. The SMILES string of the molecule is CSc1ccc(CNc2cccc(S(C)(=O)=O)c2)cc1. The van der Waals surface area contributed by atoms with E-state index in [0.717, 1.165) is 11.3 Å². The summed E-state index contributed by atoms with van der Waals surface area (Å²) in [5.74, 6) is 0. The summed E-state index contributed by atoms with van der Waals surface area (Å²) in [6, 6.07) is 15.2. The third-order valence-corrected chi connectivity index (χ3v) is 4.77. The van der Waals surface area contributed by atoms with Gasteiger partial charge in [-0.05, 0) is 42.2 Å². The van der Waals surface area contributed by atoms with Crippen LogP contribution in [-0.4, -0.2) is 20.9 Å². The van der Waals surface area contributed by atoms with E-state index in [-0.39, 0.29) is 0 Å². The Balaban J connectivity index is 2.07. The van der Waals surface area contributed by atoms with Crippen molar-refractivity contribution in [2.75, 3.05) is 17.8 Å². The number of thioether (sulfide) groups is 1. The third-order valence-electron chi connectivity index (χ3n) is 2.92. The molecule has 1 N–H and O–H groups in total. The monoisotopic (exact) mass is 307 g/mol. The Hall–Kier alpha value is -1.46. The van der Waals surface area contributed by atoms with E-state index >= 15 is 0 Å². The molecule has 0 fully saturated rings. The molecule has 3 nitrogen and oxygen atoms in total. The second-order valence-corrected chi connectivity index (χ2v) is 7.40. The molecule has 0 radical (unpaired) electrons. The average Bonchev–Trinajstić information content (AvgIpc) is 2.45. The first-order valence-electron chi connectivity index (χ1n) is 6.16. The van der Waals surface area contributed by atoms with Gasteiger partial charge < -0.3 is 5.32 Å². The minimum atomic E-state index is -3.16. The van der Waals surface area contributed by atoms with Crippen molar-refractivity contribution in [1.82, 2.24) is 0 Å². The van der Waals surface area contributed by atoms with Gasteiger partial charge in [0.2, 0.25) is 0 Å². The van der Waals surface area contributed by atoms with Gasteiger partial charge in [-0.15, -0.1) is 11.8 Å². The Morgan fingerprint density at radius 2 is 1.80 bits per heavy atom. The quantitative estimate of drug-likeness (QED) is 0.860. The molecule has 0 atom stereocenters. The lowest BCUT2D eigenvalue weighted by molar-refractivity contribution is 0.602. The molecular weight excluding hydrogens is 290 g/mol. The summed E-state index contributed by atoms with van der Waals surface area (Å²) in [5, 5.41) is 3.24. The summed E-state index contributed by atoms with van der Waals surface area (Å²) >= 11 is 1.71. The molecule has 0 saturated carbocycles. The molecule has 2 aromatic carbocycles. The number of rotatable bonds is 5. The average molecular weight is 307 g/mol. The molecule has 0 saturated heterocycles. The van der Waals surface area contributed by atoms with Crippen LogP contribution >= 0.6 is 11.8 Å². The Morgan fingerprint density at radius 3 is 2.40 bits per heavy atom. The van der Waals surface area contributed by atoms with Gasteiger partial charge >= 0.3 is 0 Å². The van der Waals surface area contributed by atoms with Gasteiger partial charge in [-0.3, -0.25) is 0 Å².